The number of methoxy groups -OCH3 is 1. The van der Waals surface area contributed by atoms with Gasteiger partial charge < -0.3 is 4.74 Å². The molecule has 0 spiro atoms. The molecule has 88 valence electrons. The van der Waals surface area contributed by atoms with Crippen LogP contribution in [0, 0.1) is 11.8 Å². The number of ether oxygens (including phenoxy) is 1. The first kappa shape index (κ1) is 14.4. The highest BCUT2D eigenvalue weighted by molar-refractivity contribution is 5.15. The number of nitrogens with zero attached hydrogens (tertiary/aromatic N) is 3. The lowest BCUT2D eigenvalue weighted by molar-refractivity contribution is -0.0571. The van der Waals surface area contributed by atoms with Crippen molar-refractivity contribution in [1.29, 1.82) is 0 Å². The van der Waals surface area contributed by atoms with Crippen LogP contribution in [0.15, 0.2) is 0 Å². The van der Waals surface area contributed by atoms with Crippen LogP contribution in [-0.4, -0.2) is 76.5 Å². The minimum atomic E-state index is -0.390. The molecule has 0 heterocycles. The van der Waals surface area contributed by atoms with Gasteiger partial charge in [0.25, 0.3) is 0 Å². The quantitative estimate of drug-likeness (QED) is 0.482. The Morgan fingerprint density at radius 3 is 1.60 bits per heavy atom. The molecule has 0 unspecified atom stereocenters. The molecule has 0 atom stereocenters. The van der Waals surface area contributed by atoms with E-state index in [4.69, 9.17) is 4.74 Å². The third kappa shape index (κ3) is 3.18. The first-order valence-electron chi connectivity index (χ1n) is 4.90. The van der Waals surface area contributed by atoms with Crippen LogP contribution in [0.2, 0.25) is 0 Å². The molecule has 0 aliphatic heterocycles. The molecule has 0 radical (unpaired) electrons. The molecular formula is C11H23N3O. The summed E-state index contributed by atoms with van der Waals surface area (Å²) in [6.07, 6.45) is 0. The van der Waals surface area contributed by atoms with Gasteiger partial charge in [-0.3, -0.25) is 14.7 Å². The summed E-state index contributed by atoms with van der Waals surface area (Å²) in [5.41, 5.74) is 0. The van der Waals surface area contributed by atoms with Crippen molar-refractivity contribution in [3.8, 4) is 11.8 Å². The Hall–Kier alpha value is -0.600. The Morgan fingerprint density at radius 1 is 0.933 bits per heavy atom. The Kier molecular flexibility index (Phi) is 5.84. The van der Waals surface area contributed by atoms with Crippen molar-refractivity contribution < 1.29 is 4.74 Å². The number of rotatable bonds is 4. The zero-order valence-corrected chi connectivity index (χ0v) is 11.0. The van der Waals surface area contributed by atoms with Gasteiger partial charge in [-0.2, -0.15) is 0 Å². The fourth-order valence-electron chi connectivity index (χ4n) is 1.76. The molecule has 0 aromatic heterocycles. The van der Waals surface area contributed by atoms with Crippen LogP contribution in [-0.2, 0) is 4.74 Å². The minimum Gasteiger partial charge on any atom is -0.372 e. The third-order valence-electron chi connectivity index (χ3n) is 2.34. The number of hydrogen-bond donors (Lipinski definition) is 0. The van der Waals surface area contributed by atoms with Gasteiger partial charge in [-0.1, -0.05) is 5.92 Å². The molecule has 0 saturated carbocycles. The lowest BCUT2D eigenvalue weighted by Gasteiger charge is -2.45. The van der Waals surface area contributed by atoms with E-state index in [9.17, 15) is 0 Å². The molecular weight excluding hydrogens is 190 g/mol. The van der Waals surface area contributed by atoms with Crippen LogP contribution in [0.4, 0.5) is 0 Å². The van der Waals surface area contributed by atoms with Gasteiger partial charge >= 0.3 is 0 Å². The van der Waals surface area contributed by atoms with E-state index in [-0.39, 0.29) is 0 Å². The van der Waals surface area contributed by atoms with E-state index in [1.54, 1.807) is 7.11 Å². The minimum absolute atomic E-state index is 0.390. The summed E-state index contributed by atoms with van der Waals surface area (Å²) < 4.78 is 4.95. The lowest BCUT2D eigenvalue weighted by Crippen LogP contribution is -2.63. The fourth-order valence-corrected chi connectivity index (χ4v) is 1.76. The van der Waals surface area contributed by atoms with Crippen LogP contribution in [0.25, 0.3) is 0 Å². The van der Waals surface area contributed by atoms with E-state index in [1.807, 2.05) is 42.3 Å². The van der Waals surface area contributed by atoms with Gasteiger partial charge in [-0.15, -0.1) is 0 Å². The van der Waals surface area contributed by atoms with Crippen molar-refractivity contribution in [2.75, 3.05) is 56.0 Å². The number of hydrogen-bond acceptors (Lipinski definition) is 4. The van der Waals surface area contributed by atoms with Gasteiger partial charge in [0.05, 0.1) is 0 Å². The largest absolute Gasteiger partial charge is 0.372 e. The average Bonchev–Trinajstić information content (AvgIpc) is 2.10. The van der Waals surface area contributed by atoms with Gasteiger partial charge in [0, 0.05) is 7.11 Å². The summed E-state index contributed by atoms with van der Waals surface area (Å²) in [5, 5.41) is 0. The zero-order chi connectivity index (χ0) is 12.1. The second-order valence-electron chi connectivity index (χ2n) is 4.05. The molecule has 0 aromatic rings. The predicted octanol–water partition coefficient (Wildman–Crippen LogP) is -0.0252. The molecule has 0 bridgehead atoms. The lowest BCUT2D eigenvalue weighted by atomic mass is 10.2. The zero-order valence-electron chi connectivity index (χ0n) is 11.0. The maximum atomic E-state index is 4.95. The fraction of sp³-hybridized carbons (Fsp3) is 0.818. The Bertz CT molecular complexity index is 216. The summed E-state index contributed by atoms with van der Waals surface area (Å²) in [6, 6.07) is 0. The highest BCUT2D eigenvalue weighted by Crippen LogP contribution is 2.16. The molecule has 0 fully saturated rings. The second kappa shape index (κ2) is 6.09. The van der Waals surface area contributed by atoms with Crippen molar-refractivity contribution in [2.45, 2.75) is 5.79 Å². The monoisotopic (exact) mass is 213 g/mol. The smallest absolute Gasteiger partial charge is 0.194 e. The Labute approximate surface area is 93.8 Å². The van der Waals surface area contributed by atoms with Crippen LogP contribution >= 0.6 is 0 Å². The van der Waals surface area contributed by atoms with Crippen molar-refractivity contribution in [3.05, 3.63) is 0 Å². The Balaban J connectivity index is 5.08. The molecule has 0 aliphatic carbocycles. The maximum Gasteiger partial charge on any atom is 0.194 e. The molecule has 4 nitrogen and oxygen atoms in total. The Morgan fingerprint density at radius 2 is 1.33 bits per heavy atom. The third-order valence-corrected chi connectivity index (χ3v) is 2.34. The van der Waals surface area contributed by atoms with E-state index < -0.39 is 5.79 Å². The van der Waals surface area contributed by atoms with Crippen molar-refractivity contribution in [3.63, 3.8) is 0 Å². The van der Waals surface area contributed by atoms with Crippen molar-refractivity contribution in [1.82, 2.24) is 14.7 Å². The summed E-state index contributed by atoms with van der Waals surface area (Å²) in [6.45, 7) is 0.456. The summed E-state index contributed by atoms with van der Waals surface area (Å²) in [5.74, 6) is 5.87. The molecule has 0 aromatic carbocycles. The van der Waals surface area contributed by atoms with E-state index in [0.717, 1.165) is 0 Å². The highest BCUT2D eigenvalue weighted by atomic mass is 16.5. The van der Waals surface area contributed by atoms with Crippen LogP contribution in [0.3, 0.4) is 0 Å². The van der Waals surface area contributed by atoms with Crippen LogP contribution in [0.1, 0.15) is 0 Å². The molecule has 0 rings (SSSR count). The van der Waals surface area contributed by atoms with E-state index in [1.165, 1.54) is 0 Å². The van der Waals surface area contributed by atoms with Gasteiger partial charge in [-0.05, 0) is 48.2 Å². The topological polar surface area (TPSA) is 19.0 Å². The predicted molar refractivity (Wildman–Crippen MR) is 63.4 cm³/mol. The van der Waals surface area contributed by atoms with Gasteiger partial charge in [0.15, 0.2) is 5.79 Å². The first-order chi connectivity index (χ1) is 6.89. The van der Waals surface area contributed by atoms with Gasteiger partial charge in [-0.25, -0.2) is 0 Å². The van der Waals surface area contributed by atoms with E-state index in [0.29, 0.717) is 6.61 Å². The summed E-state index contributed by atoms with van der Waals surface area (Å²) in [7, 11) is 13.7. The SMILES string of the molecule is COCC#CC(N(C)C)(N(C)C)N(C)C. The van der Waals surface area contributed by atoms with Crippen LogP contribution < -0.4 is 0 Å². The van der Waals surface area contributed by atoms with E-state index in [2.05, 4.69) is 26.5 Å². The van der Waals surface area contributed by atoms with Crippen molar-refractivity contribution in [2.24, 2.45) is 0 Å². The van der Waals surface area contributed by atoms with E-state index >= 15 is 0 Å². The molecule has 0 aliphatic rings. The normalized spacial score (nSPS) is 12.1. The second-order valence-corrected chi connectivity index (χ2v) is 4.05. The van der Waals surface area contributed by atoms with Crippen molar-refractivity contribution >= 4 is 0 Å². The molecule has 15 heavy (non-hydrogen) atoms. The molecule has 4 heteroatoms. The first-order valence-corrected chi connectivity index (χ1v) is 4.90. The summed E-state index contributed by atoms with van der Waals surface area (Å²) in [4.78, 5) is 6.24. The van der Waals surface area contributed by atoms with Gasteiger partial charge in [0.1, 0.15) is 6.61 Å². The molecule has 0 amide bonds. The highest BCUT2D eigenvalue weighted by Gasteiger charge is 2.35. The van der Waals surface area contributed by atoms with Gasteiger partial charge in [0.2, 0.25) is 0 Å². The standard InChI is InChI=1S/C11H23N3O/c1-12(2)11(13(3)4,14(5)6)9-8-10-15-7/h10H2,1-7H3. The average molecular weight is 213 g/mol. The molecule has 0 saturated heterocycles. The summed E-state index contributed by atoms with van der Waals surface area (Å²) >= 11 is 0. The van der Waals surface area contributed by atoms with Crippen LogP contribution in [0.5, 0.6) is 0 Å². The maximum absolute atomic E-state index is 4.95. The molecule has 0 N–H and O–H groups in total.